The average molecular weight is 1290 g/mol. The van der Waals surface area contributed by atoms with Crippen molar-refractivity contribution >= 4 is 89.0 Å². The second-order valence-corrected chi connectivity index (χ2v) is 20.5. The van der Waals surface area contributed by atoms with Crippen molar-refractivity contribution in [3.63, 3.8) is 0 Å². The number of rotatable bonds is 39. The Balaban J connectivity index is 1.70. The summed E-state index contributed by atoms with van der Waals surface area (Å²) in [6, 6.07) is 11.2. The van der Waals surface area contributed by atoms with Gasteiger partial charge in [-0.15, -0.1) is 0 Å². The molecule has 0 heterocycles. The monoisotopic (exact) mass is 1290 g/mol. The minimum atomic E-state index is -1.96. The number of carbonyl (C=O) groups is 15. The molecule has 21 N–H and O–H groups in total. The van der Waals surface area contributed by atoms with E-state index in [9.17, 15) is 82.1 Å². The first-order chi connectivity index (χ1) is 43.8. The number of nitrogens with two attached hydrogens (primary N) is 5. The number of aliphatic hydroxyl groups is 2. The van der Waals surface area contributed by atoms with Crippen molar-refractivity contribution in [2.75, 3.05) is 32.8 Å². The fourth-order valence-corrected chi connectivity index (χ4v) is 8.26. The van der Waals surface area contributed by atoms with Gasteiger partial charge in [-0.05, 0) is 62.3 Å². The molecule has 500 valence electrons. The zero-order valence-electron chi connectivity index (χ0n) is 50.3. The molecule has 0 aliphatic heterocycles. The van der Waals surface area contributed by atoms with Crippen LogP contribution in [0.1, 0.15) is 75.0 Å². The van der Waals surface area contributed by atoms with Crippen molar-refractivity contribution in [1.29, 1.82) is 0 Å². The molecule has 0 unspecified atom stereocenters. The Labute approximate surface area is 527 Å². The number of hydrogen-bond acceptors (Lipinski definition) is 21. The van der Waals surface area contributed by atoms with Crippen LogP contribution >= 0.6 is 0 Å². The first kappa shape index (κ1) is 75.8. The van der Waals surface area contributed by atoms with Gasteiger partial charge in [-0.3, -0.25) is 67.6 Å². The first-order valence-corrected chi connectivity index (χ1v) is 28.7. The summed E-state index contributed by atoms with van der Waals surface area (Å²) in [5, 5.41) is 40.2. The maximum atomic E-state index is 14.3. The van der Waals surface area contributed by atoms with Gasteiger partial charge in [0, 0.05) is 19.3 Å². The molecule has 0 aliphatic rings. The van der Waals surface area contributed by atoms with Gasteiger partial charge in [-0.2, -0.15) is 0 Å². The van der Waals surface area contributed by atoms with Crippen molar-refractivity contribution in [2.45, 2.75) is 126 Å². The molecule has 0 spiro atoms. The van der Waals surface area contributed by atoms with Gasteiger partial charge in [-0.25, -0.2) is 14.5 Å². The number of ether oxygens (including phenoxy) is 2. The molecule has 0 fully saturated rings. The van der Waals surface area contributed by atoms with Gasteiger partial charge < -0.3 is 90.9 Å². The molecule has 3 rings (SSSR count). The fraction of sp³-hybridized carbons (Fsp3) is 0.431. The van der Waals surface area contributed by atoms with E-state index in [4.69, 9.17) is 38.1 Å². The van der Waals surface area contributed by atoms with Crippen molar-refractivity contribution in [2.24, 2.45) is 28.7 Å². The highest BCUT2D eigenvalue weighted by Gasteiger charge is 2.41. The Bertz CT molecular complexity index is 3040. The molecule has 3 aromatic carbocycles. The van der Waals surface area contributed by atoms with Gasteiger partial charge in [0.1, 0.15) is 55.5 Å². The quantitative estimate of drug-likeness (QED) is 0.0237. The van der Waals surface area contributed by atoms with Gasteiger partial charge in [0.15, 0.2) is 0 Å². The van der Waals surface area contributed by atoms with E-state index in [-0.39, 0.29) is 51.7 Å². The van der Waals surface area contributed by atoms with Crippen molar-refractivity contribution in [1.82, 2.24) is 52.8 Å². The molecular weight excluding hydrogens is 1210 g/mol. The molecule has 0 bridgehead atoms. The van der Waals surface area contributed by atoms with Crippen LogP contribution in [0.4, 0.5) is 9.59 Å². The number of aliphatic hydroxyl groups excluding tert-OH is 2. The van der Waals surface area contributed by atoms with Gasteiger partial charge in [0.25, 0.3) is 11.8 Å². The highest BCUT2D eigenvalue weighted by molar-refractivity contribution is 6.03. The summed E-state index contributed by atoms with van der Waals surface area (Å²) in [6.45, 7) is -3.50. The summed E-state index contributed by atoms with van der Waals surface area (Å²) in [5.74, 6) is -14.3. The number of carbonyl (C=O) groups excluding carboxylic acids is 15. The SMILES string of the molecule is C[C@H](NC(=O)[C@@H](N)CCC(N)=O)C(=O)N(C(=O)OCc1ccccc1)[C@@H](CCCCN)C(=O)N[C@@H](CO)C(=O)N[C@@H](CCC(N)=O)C(=O)NCC(=O)NCC(=O)N[C@@H](CO)C(=O)N[C@@H](CC(N)=O)C(=O)N[C@@H](Cc1ccccc1)C(=O)NC(=O)OCc1ccccc1. The van der Waals surface area contributed by atoms with E-state index in [0.717, 1.165) is 0 Å². The van der Waals surface area contributed by atoms with Crippen LogP contribution in [0.2, 0.25) is 0 Å². The van der Waals surface area contributed by atoms with E-state index in [1.807, 2.05) is 5.32 Å². The smallest absolute Gasteiger partial charge is 0.417 e. The molecule has 0 aliphatic carbocycles. The highest BCUT2D eigenvalue weighted by atomic mass is 16.6. The third-order valence-electron chi connectivity index (χ3n) is 13.2. The van der Waals surface area contributed by atoms with Crippen molar-refractivity contribution in [3.05, 3.63) is 108 Å². The lowest BCUT2D eigenvalue weighted by molar-refractivity contribution is -0.142. The summed E-state index contributed by atoms with van der Waals surface area (Å²) in [7, 11) is 0. The van der Waals surface area contributed by atoms with Gasteiger partial charge in [0.05, 0.1) is 38.8 Å². The van der Waals surface area contributed by atoms with Crippen LogP contribution in [0.3, 0.4) is 0 Å². The molecule has 0 radical (unpaired) electrons. The van der Waals surface area contributed by atoms with Crippen LogP contribution in [-0.2, 0) is 91.4 Å². The fourth-order valence-electron chi connectivity index (χ4n) is 8.26. The van der Waals surface area contributed by atoms with Crippen LogP contribution in [0, 0.1) is 0 Å². The molecule has 0 saturated carbocycles. The number of primary amides is 3. The van der Waals surface area contributed by atoms with Gasteiger partial charge >= 0.3 is 12.2 Å². The normalized spacial score (nSPS) is 13.3. The molecule has 3 aromatic rings. The predicted molar refractivity (Wildman–Crippen MR) is 321 cm³/mol. The molecule has 0 saturated heterocycles. The highest BCUT2D eigenvalue weighted by Crippen LogP contribution is 2.17. The average Bonchev–Trinajstić information content (AvgIpc) is 0.950. The number of imide groups is 2. The summed E-state index contributed by atoms with van der Waals surface area (Å²) in [4.78, 5) is 197. The minimum Gasteiger partial charge on any atom is -0.444 e. The Kier molecular flexibility index (Phi) is 33.2. The van der Waals surface area contributed by atoms with E-state index in [1.54, 1.807) is 91.0 Å². The topological polar surface area (TPSA) is 557 Å². The summed E-state index contributed by atoms with van der Waals surface area (Å²) in [6.07, 6.45) is -5.18. The van der Waals surface area contributed by atoms with Gasteiger partial charge in [0.2, 0.25) is 65.0 Å². The molecular formula is C58H79N15O19. The second kappa shape index (κ2) is 40.2. The number of alkyl carbamates (subject to hydrolysis) is 1. The third-order valence-corrected chi connectivity index (χ3v) is 13.2. The standard InChI is InChI=1S/C58H79N15O19/c1-33(66-49(81)37(60)20-22-44(61)76)56(88)73(58(90)92-32-36-17-9-4-10-18-36)43(19-11-12-24-59)55(87)71-42(30-75)54(86)68-38(21-23-45(62)77)50(82)65-27-47(79)64-28-48(80)67-41(29-74)53(85)70-40(26-46(63)78)51(83)69-39(25-34-13-5-2-6-14-34)52(84)72-57(89)91-31-35-15-7-3-8-16-35/h2-10,13-18,33,37-43,74-75H,11-12,19-32,59-60H2,1H3,(H2,61,76)(H2,62,77)(H2,63,78)(H,64,79)(H,65,82)(H,66,81)(H,67,80)(H,68,86)(H,69,83)(H,70,85)(H,71,87)(H,72,84,89)/t33-,37-,38-,39-,40-,41-,42-,43-/m0/s1. The summed E-state index contributed by atoms with van der Waals surface area (Å²) in [5.41, 5.74) is 29.0. The van der Waals surface area contributed by atoms with E-state index >= 15 is 0 Å². The number of amides is 15. The van der Waals surface area contributed by atoms with E-state index < -0.39 is 189 Å². The Morgan fingerprint density at radius 3 is 1.52 bits per heavy atom. The third kappa shape index (κ3) is 27.9. The maximum absolute atomic E-state index is 14.3. The lowest BCUT2D eigenvalue weighted by atomic mass is 10.0. The van der Waals surface area contributed by atoms with Gasteiger partial charge in [-0.1, -0.05) is 91.0 Å². The Morgan fingerprint density at radius 1 is 0.489 bits per heavy atom. The van der Waals surface area contributed by atoms with Crippen LogP contribution < -0.4 is 76.5 Å². The molecule has 34 nitrogen and oxygen atoms in total. The second-order valence-electron chi connectivity index (χ2n) is 20.5. The molecule has 15 amide bonds. The predicted octanol–water partition coefficient (Wildman–Crippen LogP) is -5.78. The summed E-state index contributed by atoms with van der Waals surface area (Å²) >= 11 is 0. The van der Waals surface area contributed by atoms with E-state index in [1.165, 1.54) is 6.92 Å². The lowest BCUT2D eigenvalue weighted by Gasteiger charge is -2.32. The van der Waals surface area contributed by atoms with Crippen LogP contribution in [0.5, 0.6) is 0 Å². The molecule has 8 atom stereocenters. The van der Waals surface area contributed by atoms with E-state index in [0.29, 0.717) is 21.6 Å². The largest absolute Gasteiger partial charge is 0.444 e. The number of unbranched alkanes of at least 4 members (excludes halogenated alkanes) is 1. The molecule has 0 aromatic heterocycles. The molecule has 92 heavy (non-hydrogen) atoms. The Hall–Kier alpha value is -10.5. The Morgan fingerprint density at radius 2 is 0.978 bits per heavy atom. The number of hydrogen-bond donors (Lipinski definition) is 16. The van der Waals surface area contributed by atoms with Crippen molar-refractivity contribution in [3.8, 4) is 0 Å². The van der Waals surface area contributed by atoms with E-state index in [2.05, 4.69) is 42.5 Å². The van der Waals surface area contributed by atoms with Crippen LogP contribution in [0.25, 0.3) is 0 Å². The van der Waals surface area contributed by atoms with Crippen LogP contribution in [0.15, 0.2) is 91.0 Å². The number of benzene rings is 3. The van der Waals surface area contributed by atoms with Crippen LogP contribution in [-0.4, -0.2) is 185 Å². The minimum absolute atomic E-state index is 0.0799. The zero-order chi connectivity index (χ0) is 68.3. The lowest BCUT2D eigenvalue weighted by Crippen LogP contribution is -2.61. The summed E-state index contributed by atoms with van der Waals surface area (Å²) < 4.78 is 10.6. The zero-order valence-corrected chi connectivity index (χ0v) is 50.3. The first-order valence-electron chi connectivity index (χ1n) is 28.7. The van der Waals surface area contributed by atoms with Crippen molar-refractivity contribution < 1.29 is 91.6 Å². The maximum Gasteiger partial charge on any atom is 0.417 e. The number of nitrogens with one attached hydrogen (secondary N) is 9. The molecule has 34 heteroatoms. The number of nitrogens with zero attached hydrogens (tertiary/aromatic N) is 1.